The molecule has 1 aliphatic carbocycles. The maximum absolute atomic E-state index is 13.7. The van der Waals surface area contributed by atoms with Gasteiger partial charge in [-0.1, -0.05) is 0 Å². The summed E-state index contributed by atoms with van der Waals surface area (Å²) in [6, 6.07) is -0.705. The molecule has 0 bridgehead atoms. The van der Waals surface area contributed by atoms with Crippen molar-refractivity contribution in [1.82, 2.24) is 15.1 Å². The van der Waals surface area contributed by atoms with E-state index in [1.165, 1.54) is 0 Å². The molecule has 1 saturated carbocycles. The van der Waals surface area contributed by atoms with Gasteiger partial charge in [0.25, 0.3) is 0 Å². The highest BCUT2D eigenvalue weighted by Gasteiger charge is 2.47. The molecule has 2 fully saturated rings. The minimum Gasteiger partial charge on any atom is -0.384 e. The van der Waals surface area contributed by atoms with E-state index in [1.54, 1.807) is 7.11 Å². The van der Waals surface area contributed by atoms with E-state index in [2.05, 4.69) is 5.32 Å². The van der Waals surface area contributed by atoms with Crippen molar-refractivity contribution in [1.29, 1.82) is 0 Å². The van der Waals surface area contributed by atoms with Crippen molar-refractivity contribution in [3.63, 3.8) is 0 Å². The highest BCUT2D eigenvalue weighted by atomic mass is 19.3. The van der Waals surface area contributed by atoms with Gasteiger partial charge < -0.3 is 15.0 Å². The summed E-state index contributed by atoms with van der Waals surface area (Å²) in [5, 5.41) is 2.84. The molecule has 1 heterocycles. The molecule has 0 spiro atoms. The fourth-order valence-corrected chi connectivity index (χ4v) is 4.48. The average Bonchev–Trinajstić information content (AvgIpc) is 2.98. The van der Waals surface area contributed by atoms with E-state index in [1.807, 2.05) is 37.6 Å². The molecule has 2 atom stereocenters. The molecular weight excluding hydrogens is 368 g/mol. The third-order valence-corrected chi connectivity index (χ3v) is 5.97. The maximum Gasteiger partial charge on any atom is 0.248 e. The van der Waals surface area contributed by atoms with Crippen molar-refractivity contribution >= 4 is 11.8 Å². The van der Waals surface area contributed by atoms with Gasteiger partial charge in [-0.25, -0.2) is 8.78 Å². The first-order chi connectivity index (χ1) is 13.0. The molecular formula is C20H35F2N3O3. The number of carbonyl (C=O) groups is 2. The monoisotopic (exact) mass is 403 g/mol. The van der Waals surface area contributed by atoms with E-state index in [0.29, 0.717) is 19.5 Å². The van der Waals surface area contributed by atoms with Crippen LogP contribution in [-0.2, 0) is 14.3 Å². The Morgan fingerprint density at radius 2 is 1.86 bits per heavy atom. The van der Waals surface area contributed by atoms with Gasteiger partial charge in [0, 0.05) is 45.1 Å². The summed E-state index contributed by atoms with van der Waals surface area (Å²) in [6.45, 7) is 6.88. The molecule has 0 unspecified atom stereocenters. The van der Waals surface area contributed by atoms with Crippen molar-refractivity contribution in [2.45, 2.75) is 76.9 Å². The zero-order valence-corrected chi connectivity index (χ0v) is 17.8. The van der Waals surface area contributed by atoms with E-state index in [0.717, 1.165) is 0 Å². The predicted molar refractivity (Wildman–Crippen MR) is 103 cm³/mol. The number of halogens is 2. The highest BCUT2D eigenvalue weighted by Crippen LogP contribution is 2.38. The lowest BCUT2D eigenvalue weighted by molar-refractivity contribution is -0.151. The summed E-state index contributed by atoms with van der Waals surface area (Å²) in [4.78, 5) is 29.6. The van der Waals surface area contributed by atoms with Gasteiger partial charge in [0.2, 0.25) is 17.7 Å². The Kier molecular flexibility index (Phi) is 7.42. The predicted octanol–water partition coefficient (Wildman–Crippen LogP) is 2.27. The lowest BCUT2D eigenvalue weighted by Crippen LogP contribution is -2.55. The number of nitrogens with one attached hydrogen (secondary N) is 1. The smallest absolute Gasteiger partial charge is 0.248 e. The Balaban J connectivity index is 2.24. The molecule has 8 heteroatoms. The van der Waals surface area contributed by atoms with Crippen molar-refractivity contribution in [3.05, 3.63) is 0 Å². The second kappa shape index (κ2) is 9.03. The normalized spacial score (nSPS) is 26.2. The summed E-state index contributed by atoms with van der Waals surface area (Å²) in [7, 11) is 3.42. The number of likely N-dealkylation sites (tertiary alicyclic amines) is 1. The molecule has 0 aromatic heterocycles. The van der Waals surface area contributed by atoms with Crippen LogP contribution in [0.5, 0.6) is 0 Å². The van der Waals surface area contributed by atoms with Crippen LogP contribution >= 0.6 is 0 Å². The number of carbonyl (C=O) groups excluding carboxylic acids is 2. The molecule has 28 heavy (non-hydrogen) atoms. The Morgan fingerprint density at radius 1 is 1.25 bits per heavy atom. The summed E-state index contributed by atoms with van der Waals surface area (Å²) in [5.41, 5.74) is -0.753. The lowest BCUT2D eigenvalue weighted by atomic mass is 9.86. The second-order valence-corrected chi connectivity index (χ2v) is 8.86. The number of ether oxygens (including phenoxy) is 1. The molecule has 0 aromatic rings. The van der Waals surface area contributed by atoms with Gasteiger partial charge in [-0.3, -0.25) is 14.5 Å². The van der Waals surface area contributed by atoms with Crippen LogP contribution in [0.15, 0.2) is 0 Å². The average molecular weight is 404 g/mol. The van der Waals surface area contributed by atoms with Crippen LogP contribution < -0.4 is 5.32 Å². The third kappa shape index (κ3) is 5.20. The molecule has 162 valence electrons. The van der Waals surface area contributed by atoms with Crippen LogP contribution in [0.2, 0.25) is 0 Å². The first-order valence-corrected chi connectivity index (χ1v) is 10.2. The van der Waals surface area contributed by atoms with Gasteiger partial charge in [-0.05, 0) is 47.1 Å². The van der Waals surface area contributed by atoms with Crippen molar-refractivity contribution < 1.29 is 23.1 Å². The molecule has 2 aliphatic rings. The first-order valence-electron chi connectivity index (χ1n) is 10.2. The molecule has 1 N–H and O–H groups in total. The Bertz CT molecular complexity index is 561. The number of amides is 2. The van der Waals surface area contributed by atoms with Crippen molar-refractivity contribution in [2.24, 2.45) is 5.41 Å². The summed E-state index contributed by atoms with van der Waals surface area (Å²) < 4.78 is 32.6. The SMILES string of the molecule is CCNC(=O)[C@@H]1C[C@H](N(C(=O)C(C)(C)COC)C2CCC(F)(F)CC2)CN1C. The quantitative estimate of drug-likeness (QED) is 0.708. The minimum atomic E-state index is -2.65. The highest BCUT2D eigenvalue weighted by molar-refractivity contribution is 5.84. The fraction of sp³-hybridized carbons (Fsp3) is 0.900. The zero-order valence-electron chi connectivity index (χ0n) is 17.8. The first kappa shape index (κ1) is 23.0. The van der Waals surface area contributed by atoms with Crippen LogP contribution in [0.1, 0.15) is 52.9 Å². The van der Waals surface area contributed by atoms with E-state index >= 15 is 0 Å². The van der Waals surface area contributed by atoms with Crippen molar-refractivity contribution in [3.8, 4) is 0 Å². The standard InChI is InChI=1S/C20H35F2N3O3/c1-6-23-17(26)16-11-15(12-24(16)4)25(18(27)19(2,3)13-28-5)14-7-9-20(21,22)10-8-14/h14-16H,6-13H2,1-5H3,(H,23,26)/t15-,16-/m0/s1. The number of hydrogen-bond donors (Lipinski definition) is 1. The topological polar surface area (TPSA) is 61.9 Å². The third-order valence-electron chi connectivity index (χ3n) is 5.97. The molecule has 0 radical (unpaired) electrons. The molecule has 2 rings (SSSR count). The van der Waals surface area contributed by atoms with Gasteiger partial charge >= 0.3 is 0 Å². The maximum atomic E-state index is 13.7. The van der Waals surface area contributed by atoms with Crippen LogP contribution in [0, 0.1) is 5.41 Å². The number of nitrogens with zero attached hydrogens (tertiary/aromatic N) is 2. The number of likely N-dealkylation sites (N-methyl/N-ethyl adjacent to an activating group) is 2. The van der Waals surface area contributed by atoms with Crippen molar-refractivity contribution in [2.75, 3.05) is 33.9 Å². The summed E-state index contributed by atoms with van der Waals surface area (Å²) in [5.74, 6) is -2.78. The Morgan fingerprint density at radius 3 is 2.39 bits per heavy atom. The molecule has 2 amide bonds. The van der Waals surface area contributed by atoms with Crippen LogP contribution in [0.25, 0.3) is 0 Å². The van der Waals surface area contributed by atoms with Crippen LogP contribution in [0.4, 0.5) is 8.78 Å². The molecule has 6 nitrogen and oxygen atoms in total. The van der Waals surface area contributed by atoms with E-state index in [4.69, 9.17) is 4.74 Å². The van der Waals surface area contributed by atoms with Gasteiger partial charge in [-0.2, -0.15) is 0 Å². The number of methoxy groups -OCH3 is 1. The zero-order chi connectivity index (χ0) is 21.1. The van der Waals surface area contributed by atoms with E-state index in [-0.39, 0.29) is 62.2 Å². The van der Waals surface area contributed by atoms with E-state index < -0.39 is 11.3 Å². The second-order valence-electron chi connectivity index (χ2n) is 8.86. The Hall–Kier alpha value is -1.28. The van der Waals surface area contributed by atoms with Gasteiger partial charge in [-0.15, -0.1) is 0 Å². The summed E-state index contributed by atoms with van der Waals surface area (Å²) in [6.07, 6.45) is 0.689. The number of alkyl halides is 2. The number of hydrogen-bond acceptors (Lipinski definition) is 4. The number of rotatable bonds is 7. The lowest BCUT2D eigenvalue weighted by Gasteiger charge is -2.43. The van der Waals surface area contributed by atoms with Gasteiger partial charge in [0.1, 0.15) is 0 Å². The largest absolute Gasteiger partial charge is 0.384 e. The minimum absolute atomic E-state index is 0.0498. The van der Waals surface area contributed by atoms with E-state index in [9.17, 15) is 18.4 Å². The molecule has 0 aromatic carbocycles. The molecule has 1 aliphatic heterocycles. The van der Waals surface area contributed by atoms with Gasteiger partial charge in [0.05, 0.1) is 18.1 Å². The summed E-state index contributed by atoms with van der Waals surface area (Å²) >= 11 is 0. The fourth-order valence-electron chi connectivity index (χ4n) is 4.48. The Labute approximate surface area is 166 Å². The van der Waals surface area contributed by atoms with Crippen LogP contribution in [-0.4, -0.2) is 79.5 Å². The van der Waals surface area contributed by atoms with Crippen LogP contribution in [0.3, 0.4) is 0 Å². The van der Waals surface area contributed by atoms with Gasteiger partial charge in [0.15, 0.2) is 0 Å². The molecule has 1 saturated heterocycles.